The normalized spacial score (nSPS) is 17.3. The minimum atomic E-state index is -0.110. The summed E-state index contributed by atoms with van der Waals surface area (Å²) in [6.07, 6.45) is 2.67. The van der Waals surface area contributed by atoms with Crippen LogP contribution in [0.1, 0.15) is 26.7 Å². The smallest absolute Gasteiger partial charge is 0.313 e. The first kappa shape index (κ1) is 12.7. The van der Waals surface area contributed by atoms with Gasteiger partial charge in [-0.25, -0.2) is 9.89 Å². The highest BCUT2D eigenvalue weighted by Crippen LogP contribution is 2.34. The maximum Gasteiger partial charge on any atom is 0.343 e. The van der Waals surface area contributed by atoms with Crippen LogP contribution >= 0.6 is 11.8 Å². The summed E-state index contributed by atoms with van der Waals surface area (Å²) in [5, 5.41) is 10.9. The molecule has 1 aromatic heterocycles. The lowest BCUT2D eigenvalue weighted by atomic mass is 10.2. The fraction of sp³-hybridized carbons (Fsp3) is 0.818. The minimum Gasteiger partial charge on any atom is -0.313 e. The van der Waals surface area contributed by atoms with Crippen molar-refractivity contribution in [1.29, 1.82) is 0 Å². The first-order valence-corrected chi connectivity index (χ1v) is 7.26. The predicted molar refractivity (Wildman–Crippen MR) is 69.4 cm³/mol. The van der Waals surface area contributed by atoms with E-state index in [0.717, 1.165) is 23.4 Å². The summed E-state index contributed by atoms with van der Waals surface area (Å²) < 4.78 is 1.68. The lowest BCUT2D eigenvalue weighted by molar-refractivity contribution is 0.518. The van der Waals surface area contributed by atoms with Crippen molar-refractivity contribution in [2.24, 2.45) is 5.92 Å². The maximum atomic E-state index is 11.4. The standard InChI is InChI=1S/C11H20N4OS/c1-3-12-9(8-5-6-8)7-17-11-14-13-10(16)15(11)4-2/h8-9,12H,3-7H2,1-2H3,(H,13,16). The first-order valence-electron chi connectivity index (χ1n) is 6.27. The van der Waals surface area contributed by atoms with Crippen LogP contribution in [-0.4, -0.2) is 33.1 Å². The molecule has 1 aliphatic rings. The second-order valence-corrected chi connectivity index (χ2v) is 5.36. The summed E-state index contributed by atoms with van der Waals surface area (Å²) in [5.74, 6) is 1.81. The summed E-state index contributed by atoms with van der Waals surface area (Å²) in [7, 11) is 0. The summed E-state index contributed by atoms with van der Waals surface area (Å²) >= 11 is 1.67. The Morgan fingerprint density at radius 2 is 2.35 bits per heavy atom. The molecule has 0 spiro atoms. The topological polar surface area (TPSA) is 62.7 Å². The molecule has 0 saturated heterocycles. The SMILES string of the molecule is CCNC(CSc1n[nH]c(=O)n1CC)C1CC1. The zero-order valence-electron chi connectivity index (χ0n) is 10.4. The van der Waals surface area contributed by atoms with Gasteiger partial charge in [0.05, 0.1) is 0 Å². The number of aromatic nitrogens is 3. The number of nitrogens with one attached hydrogen (secondary N) is 2. The number of nitrogens with zero attached hydrogens (tertiary/aromatic N) is 2. The van der Waals surface area contributed by atoms with Gasteiger partial charge in [-0.05, 0) is 32.2 Å². The Hall–Kier alpha value is -0.750. The number of hydrogen-bond acceptors (Lipinski definition) is 4. The quantitative estimate of drug-likeness (QED) is 0.716. The number of H-pyrrole nitrogens is 1. The molecule has 0 amide bonds. The van der Waals surface area contributed by atoms with Crippen molar-refractivity contribution in [3.8, 4) is 0 Å². The lowest BCUT2D eigenvalue weighted by Crippen LogP contribution is -2.33. The molecule has 0 aliphatic heterocycles. The van der Waals surface area contributed by atoms with E-state index in [4.69, 9.17) is 0 Å². The van der Waals surface area contributed by atoms with Gasteiger partial charge in [0.2, 0.25) is 0 Å². The van der Waals surface area contributed by atoms with Gasteiger partial charge in [0.1, 0.15) is 0 Å². The molecule has 1 atom stereocenters. The van der Waals surface area contributed by atoms with Gasteiger partial charge in [0, 0.05) is 18.3 Å². The molecule has 1 aromatic rings. The summed E-state index contributed by atoms with van der Waals surface area (Å²) in [4.78, 5) is 11.4. The van der Waals surface area contributed by atoms with Crippen molar-refractivity contribution in [3.63, 3.8) is 0 Å². The van der Waals surface area contributed by atoms with Crippen LogP contribution < -0.4 is 11.0 Å². The van der Waals surface area contributed by atoms with Gasteiger partial charge < -0.3 is 5.32 Å². The van der Waals surface area contributed by atoms with Crippen LogP contribution in [0.2, 0.25) is 0 Å². The number of thioether (sulfide) groups is 1. The first-order chi connectivity index (χ1) is 8.26. The zero-order chi connectivity index (χ0) is 12.3. The molecule has 0 bridgehead atoms. The monoisotopic (exact) mass is 256 g/mol. The summed E-state index contributed by atoms with van der Waals surface area (Å²) in [6.45, 7) is 5.77. The molecule has 0 radical (unpaired) electrons. The van der Waals surface area contributed by atoms with Gasteiger partial charge in [-0.2, -0.15) is 0 Å². The maximum absolute atomic E-state index is 11.4. The molecule has 17 heavy (non-hydrogen) atoms. The van der Waals surface area contributed by atoms with Crippen molar-refractivity contribution in [2.45, 2.75) is 44.4 Å². The van der Waals surface area contributed by atoms with Crippen molar-refractivity contribution in [1.82, 2.24) is 20.1 Å². The average Bonchev–Trinajstić information content (AvgIpc) is 3.09. The Morgan fingerprint density at radius 1 is 1.59 bits per heavy atom. The molecule has 2 rings (SSSR count). The van der Waals surface area contributed by atoms with E-state index in [1.165, 1.54) is 12.8 Å². The van der Waals surface area contributed by atoms with E-state index in [1.807, 2.05) is 6.92 Å². The molecule has 0 aromatic carbocycles. The van der Waals surface area contributed by atoms with Crippen LogP contribution in [0.4, 0.5) is 0 Å². The van der Waals surface area contributed by atoms with E-state index in [1.54, 1.807) is 16.3 Å². The Labute approximate surface area is 105 Å². The van der Waals surface area contributed by atoms with Crippen molar-refractivity contribution in [2.75, 3.05) is 12.3 Å². The van der Waals surface area contributed by atoms with Crippen LogP contribution in [-0.2, 0) is 6.54 Å². The second-order valence-electron chi connectivity index (χ2n) is 4.37. The lowest BCUT2D eigenvalue weighted by Gasteiger charge is -2.16. The molecule has 96 valence electrons. The van der Waals surface area contributed by atoms with Crippen molar-refractivity contribution < 1.29 is 0 Å². The van der Waals surface area contributed by atoms with Gasteiger partial charge in [0.15, 0.2) is 5.16 Å². The van der Waals surface area contributed by atoms with Gasteiger partial charge >= 0.3 is 5.69 Å². The molecule has 6 heteroatoms. The van der Waals surface area contributed by atoms with Gasteiger partial charge in [-0.15, -0.1) is 5.10 Å². The molecule has 1 fully saturated rings. The van der Waals surface area contributed by atoms with E-state index in [0.29, 0.717) is 12.6 Å². The zero-order valence-corrected chi connectivity index (χ0v) is 11.2. The molecule has 1 saturated carbocycles. The second kappa shape index (κ2) is 5.73. The van der Waals surface area contributed by atoms with Gasteiger partial charge in [-0.3, -0.25) is 4.57 Å². The Morgan fingerprint density at radius 3 is 2.94 bits per heavy atom. The fourth-order valence-electron chi connectivity index (χ4n) is 1.98. The van der Waals surface area contributed by atoms with E-state index >= 15 is 0 Å². The molecule has 5 nitrogen and oxygen atoms in total. The van der Waals surface area contributed by atoms with E-state index in [9.17, 15) is 4.79 Å². The average molecular weight is 256 g/mol. The van der Waals surface area contributed by atoms with Crippen molar-refractivity contribution in [3.05, 3.63) is 10.5 Å². The molecular formula is C11H20N4OS. The van der Waals surface area contributed by atoms with Crippen molar-refractivity contribution >= 4 is 11.8 Å². The highest BCUT2D eigenvalue weighted by molar-refractivity contribution is 7.99. The Bertz CT molecular complexity index is 410. The van der Waals surface area contributed by atoms with Crippen LogP contribution in [0.25, 0.3) is 0 Å². The molecule has 1 aliphatic carbocycles. The van der Waals surface area contributed by atoms with Gasteiger partial charge in [0.25, 0.3) is 0 Å². The molecule has 2 N–H and O–H groups in total. The van der Waals surface area contributed by atoms with E-state index < -0.39 is 0 Å². The summed E-state index contributed by atoms with van der Waals surface area (Å²) in [5.41, 5.74) is -0.110. The van der Waals surface area contributed by atoms with E-state index in [-0.39, 0.29) is 5.69 Å². The molecule has 1 unspecified atom stereocenters. The fourth-order valence-corrected chi connectivity index (χ4v) is 3.18. The Kier molecular flexibility index (Phi) is 4.28. The van der Waals surface area contributed by atoms with Crippen LogP contribution in [0.15, 0.2) is 9.95 Å². The highest BCUT2D eigenvalue weighted by Gasteiger charge is 2.30. The highest BCUT2D eigenvalue weighted by atomic mass is 32.2. The largest absolute Gasteiger partial charge is 0.343 e. The molecule has 1 heterocycles. The number of hydrogen-bond donors (Lipinski definition) is 2. The van der Waals surface area contributed by atoms with Gasteiger partial charge in [-0.1, -0.05) is 18.7 Å². The van der Waals surface area contributed by atoms with Crippen LogP contribution in [0, 0.1) is 5.92 Å². The summed E-state index contributed by atoms with van der Waals surface area (Å²) in [6, 6.07) is 0.558. The molecular weight excluding hydrogens is 236 g/mol. The predicted octanol–water partition coefficient (Wildman–Crippen LogP) is 1.07. The Balaban J connectivity index is 1.93. The third-order valence-electron chi connectivity index (χ3n) is 3.09. The third-order valence-corrected chi connectivity index (χ3v) is 4.18. The van der Waals surface area contributed by atoms with Crippen LogP contribution in [0.3, 0.4) is 0 Å². The van der Waals surface area contributed by atoms with E-state index in [2.05, 4.69) is 22.4 Å². The van der Waals surface area contributed by atoms with Crippen LogP contribution in [0.5, 0.6) is 0 Å². The number of aromatic amines is 1. The number of rotatable bonds is 7. The third kappa shape index (κ3) is 3.13. The minimum absolute atomic E-state index is 0.110.